The molecule has 0 spiro atoms. The van der Waals surface area contributed by atoms with Crippen molar-refractivity contribution in [3.63, 3.8) is 0 Å². The first-order valence-electron chi connectivity index (χ1n) is 5.61. The minimum atomic E-state index is -0.252. The Morgan fingerprint density at radius 1 is 1.24 bits per heavy atom. The van der Waals surface area contributed by atoms with Crippen molar-refractivity contribution in [1.29, 1.82) is 0 Å². The van der Waals surface area contributed by atoms with Crippen molar-refractivity contribution < 1.29 is 4.39 Å². The van der Waals surface area contributed by atoms with E-state index in [2.05, 4.69) is 29.7 Å². The van der Waals surface area contributed by atoms with Crippen molar-refractivity contribution in [2.75, 3.05) is 0 Å². The van der Waals surface area contributed by atoms with Crippen molar-refractivity contribution in [2.45, 2.75) is 31.3 Å². The number of thiol groups is 1. The normalized spacial score (nSPS) is 10.8. The summed E-state index contributed by atoms with van der Waals surface area (Å²) in [5.41, 5.74) is 0.840. The summed E-state index contributed by atoms with van der Waals surface area (Å²) in [5, 5.41) is 8.58. The molecule has 2 aromatic rings. The predicted molar refractivity (Wildman–Crippen MR) is 67.2 cm³/mol. The molecular weight excluding hydrogens is 237 g/mol. The Morgan fingerprint density at radius 3 is 2.59 bits per heavy atom. The van der Waals surface area contributed by atoms with Gasteiger partial charge in [0.2, 0.25) is 0 Å². The number of unbranched alkanes of at least 4 members (excludes halogenated alkanes) is 1. The fraction of sp³-hybridized carbons (Fsp3) is 0.333. The van der Waals surface area contributed by atoms with Gasteiger partial charge in [-0.1, -0.05) is 13.3 Å². The summed E-state index contributed by atoms with van der Waals surface area (Å²) in [4.78, 5) is 0. The molecule has 0 bridgehead atoms. The number of aryl methyl sites for hydroxylation is 1. The van der Waals surface area contributed by atoms with Crippen LogP contribution in [0.1, 0.15) is 25.6 Å². The Hall–Kier alpha value is -1.36. The van der Waals surface area contributed by atoms with Crippen LogP contribution < -0.4 is 0 Å². The zero-order chi connectivity index (χ0) is 12.3. The van der Waals surface area contributed by atoms with Gasteiger partial charge in [-0.3, -0.25) is 4.57 Å². The van der Waals surface area contributed by atoms with Crippen LogP contribution in [0.3, 0.4) is 0 Å². The van der Waals surface area contributed by atoms with Crippen LogP contribution in [0.25, 0.3) is 5.69 Å². The molecule has 0 saturated carbocycles. The van der Waals surface area contributed by atoms with Gasteiger partial charge in [-0.15, -0.1) is 22.8 Å². The van der Waals surface area contributed by atoms with Crippen molar-refractivity contribution in [1.82, 2.24) is 14.8 Å². The van der Waals surface area contributed by atoms with Gasteiger partial charge < -0.3 is 0 Å². The summed E-state index contributed by atoms with van der Waals surface area (Å²) in [6.45, 7) is 2.13. The Kier molecular flexibility index (Phi) is 3.78. The number of hydrogen-bond donors (Lipinski definition) is 1. The van der Waals surface area contributed by atoms with E-state index in [9.17, 15) is 4.39 Å². The summed E-state index contributed by atoms with van der Waals surface area (Å²) in [7, 11) is 0. The third-order valence-electron chi connectivity index (χ3n) is 2.55. The molecule has 0 unspecified atom stereocenters. The van der Waals surface area contributed by atoms with Gasteiger partial charge in [0.15, 0.2) is 5.16 Å². The lowest BCUT2D eigenvalue weighted by atomic mass is 10.2. The monoisotopic (exact) mass is 251 g/mol. The van der Waals surface area contributed by atoms with Gasteiger partial charge in [-0.05, 0) is 30.7 Å². The maximum Gasteiger partial charge on any atom is 0.192 e. The van der Waals surface area contributed by atoms with E-state index < -0.39 is 0 Å². The molecule has 1 heterocycles. The zero-order valence-electron chi connectivity index (χ0n) is 9.60. The predicted octanol–water partition coefficient (Wildman–Crippen LogP) is 3.04. The van der Waals surface area contributed by atoms with Gasteiger partial charge in [0.1, 0.15) is 11.6 Å². The average molecular weight is 251 g/mol. The lowest BCUT2D eigenvalue weighted by Crippen LogP contribution is -2.02. The summed E-state index contributed by atoms with van der Waals surface area (Å²) < 4.78 is 14.7. The molecule has 0 fully saturated rings. The van der Waals surface area contributed by atoms with Gasteiger partial charge in [0, 0.05) is 12.1 Å². The highest BCUT2D eigenvalue weighted by Crippen LogP contribution is 2.17. The molecule has 0 aliphatic heterocycles. The van der Waals surface area contributed by atoms with E-state index in [4.69, 9.17) is 0 Å². The second kappa shape index (κ2) is 5.31. The fourth-order valence-corrected chi connectivity index (χ4v) is 1.93. The van der Waals surface area contributed by atoms with E-state index in [-0.39, 0.29) is 5.82 Å². The van der Waals surface area contributed by atoms with Gasteiger partial charge in [-0.2, -0.15) is 0 Å². The largest absolute Gasteiger partial charge is 0.274 e. The molecule has 0 radical (unpaired) electrons. The highest BCUT2D eigenvalue weighted by Gasteiger charge is 2.10. The topological polar surface area (TPSA) is 30.7 Å². The maximum absolute atomic E-state index is 12.9. The molecule has 0 amide bonds. The Bertz CT molecular complexity index is 493. The molecule has 5 heteroatoms. The molecule has 0 atom stereocenters. The van der Waals surface area contributed by atoms with E-state index in [1.807, 2.05) is 4.57 Å². The van der Waals surface area contributed by atoms with Crippen LogP contribution >= 0.6 is 12.6 Å². The summed E-state index contributed by atoms with van der Waals surface area (Å²) in [5.74, 6) is 0.612. The minimum absolute atomic E-state index is 0.252. The van der Waals surface area contributed by atoms with E-state index in [0.717, 1.165) is 30.8 Å². The second-order valence-electron chi connectivity index (χ2n) is 3.83. The number of rotatable bonds is 4. The van der Waals surface area contributed by atoms with E-state index in [0.29, 0.717) is 5.16 Å². The first-order chi connectivity index (χ1) is 8.22. The third kappa shape index (κ3) is 2.66. The Labute approximate surface area is 105 Å². The molecule has 17 heavy (non-hydrogen) atoms. The quantitative estimate of drug-likeness (QED) is 0.847. The Morgan fingerprint density at radius 2 is 1.94 bits per heavy atom. The van der Waals surface area contributed by atoms with E-state index in [1.54, 1.807) is 12.1 Å². The van der Waals surface area contributed by atoms with Gasteiger partial charge in [0.05, 0.1) is 0 Å². The van der Waals surface area contributed by atoms with Crippen LogP contribution in [0.15, 0.2) is 29.4 Å². The van der Waals surface area contributed by atoms with Crippen molar-refractivity contribution in [3.05, 3.63) is 35.9 Å². The number of aromatic nitrogens is 3. The van der Waals surface area contributed by atoms with Crippen LogP contribution in [-0.4, -0.2) is 14.8 Å². The van der Waals surface area contributed by atoms with Crippen molar-refractivity contribution in [3.8, 4) is 5.69 Å². The first kappa shape index (κ1) is 12.1. The molecule has 0 N–H and O–H groups in total. The van der Waals surface area contributed by atoms with Crippen LogP contribution in [0, 0.1) is 5.82 Å². The summed E-state index contributed by atoms with van der Waals surface area (Å²) in [6, 6.07) is 6.25. The lowest BCUT2D eigenvalue weighted by molar-refractivity contribution is 0.626. The fourth-order valence-electron chi connectivity index (χ4n) is 1.66. The molecule has 0 aliphatic carbocycles. The molecule has 1 aromatic carbocycles. The first-order valence-corrected chi connectivity index (χ1v) is 6.06. The third-order valence-corrected chi connectivity index (χ3v) is 2.84. The van der Waals surface area contributed by atoms with E-state index in [1.165, 1.54) is 12.1 Å². The van der Waals surface area contributed by atoms with Gasteiger partial charge >= 0.3 is 0 Å². The molecule has 2 rings (SSSR count). The summed E-state index contributed by atoms with van der Waals surface area (Å²) >= 11 is 4.27. The van der Waals surface area contributed by atoms with Crippen LogP contribution in [0.5, 0.6) is 0 Å². The molecule has 3 nitrogen and oxygen atoms in total. The molecule has 0 aliphatic rings. The highest BCUT2D eigenvalue weighted by atomic mass is 32.1. The molecule has 1 aromatic heterocycles. The number of halogens is 1. The smallest absolute Gasteiger partial charge is 0.192 e. The standard InChI is InChI=1S/C12H14FN3S/c1-2-3-4-11-14-15-12(17)16(11)10-7-5-9(13)6-8-10/h5-8H,2-4H2,1H3,(H,15,17). The molecule has 0 saturated heterocycles. The molecule has 90 valence electrons. The van der Waals surface area contributed by atoms with Crippen LogP contribution in [0.4, 0.5) is 4.39 Å². The molecular formula is C12H14FN3S. The SMILES string of the molecule is CCCCc1nnc(S)n1-c1ccc(F)cc1. The Balaban J connectivity index is 2.36. The maximum atomic E-state index is 12.9. The number of nitrogens with zero attached hydrogens (tertiary/aromatic N) is 3. The van der Waals surface area contributed by atoms with Crippen molar-refractivity contribution >= 4 is 12.6 Å². The van der Waals surface area contributed by atoms with Crippen molar-refractivity contribution in [2.24, 2.45) is 0 Å². The second-order valence-corrected chi connectivity index (χ2v) is 4.23. The average Bonchev–Trinajstić information content (AvgIpc) is 2.69. The van der Waals surface area contributed by atoms with Crippen LogP contribution in [-0.2, 0) is 6.42 Å². The van der Waals surface area contributed by atoms with Crippen LogP contribution in [0.2, 0.25) is 0 Å². The van der Waals surface area contributed by atoms with Gasteiger partial charge in [0.25, 0.3) is 0 Å². The summed E-state index contributed by atoms with van der Waals surface area (Å²) in [6.07, 6.45) is 2.99. The number of benzene rings is 1. The highest BCUT2D eigenvalue weighted by molar-refractivity contribution is 7.80. The number of hydrogen-bond acceptors (Lipinski definition) is 3. The lowest BCUT2D eigenvalue weighted by Gasteiger charge is -2.07. The minimum Gasteiger partial charge on any atom is -0.274 e. The van der Waals surface area contributed by atoms with Gasteiger partial charge in [-0.25, -0.2) is 4.39 Å². The zero-order valence-corrected chi connectivity index (χ0v) is 10.5. The van der Waals surface area contributed by atoms with E-state index >= 15 is 0 Å².